The predicted molar refractivity (Wildman–Crippen MR) is 100 cm³/mol. The number of aromatic nitrogens is 2. The van der Waals surface area contributed by atoms with Crippen LogP contribution in [0.1, 0.15) is 36.6 Å². The standard InChI is InChI=1S/C20H21N5O2/c1-13(2)15-5-3-14(4-6-15)9-20(27)22-17-11-25(12-18(17)26)19-8-7-16(10-21)23-24-19/h3-8,13,17H,9,11-12H2,1-2H3,(H,22,27)/t17-/m1/s1. The predicted octanol–water partition coefficient (Wildman–Crippen LogP) is 1.59. The van der Waals surface area contributed by atoms with E-state index in [9.17, 15) is 9.59 Å². The van der Waals surface area contributed by atoms with Crippen molar-refractivity contribution in [3.8, 4) is 6.07 Å². The number of nitrogens with zero attached hydrogens (tertiary/aromatic N) is 4. The lowest BCUT2D eigenvalue weighted by Gasteiger charge is -2.16. The first-order chi connectivity index (χ1) is 13.0. The van der Waals surface area contributed by atoms with Gasteiger partial charge in [-0.15, -0.1) is 10.2 Å². The average molecular weight is 363 g/mol. The summed E-state index contributed by atoms with van der Waals surface area (Å²) in [5.41, 5.74) is 2.36. The Balaban J connectivity index is 1.57. The zero-order valence-electron chi connectivity index (χ0n) is 15.3. The molecule has 0 radical (unpaired) electrons. The second kappa shape index (κ2) is 7.96. The highest BCUT2D eigenvalue weighted by Crippen LogP contribution is 2.17. The molecule has 0 saturated carbocycles. The number of nitriles is 1. The average Bonchev–Trinajstić information content (AvgIpc) is 3.02. The lowest BCUT2D eigenvalue weighted by atomic mass is 10.0. The van der Waals surface area contributed by atoms with Crippen molar-refractivity contribution in [2.75, 3.05) is 18.0 Å². The summed E-state index contributed by atoms with van der Waals surface area (Å²) in [5.74, 6) is 0.715. The number of hydrogen-bond donors (Lipinski definition) is 1. The van der Waals surface area contributed by atoms with E-state index in [0.717, 1.165) is 5.56 Å². The molecule has 1 amide bonds. The van der Waals surface area contributed by atoms with Crippen LogP contribution in [0.4, 0.5) is 5.82 Å². The van der Waals surface area contributed by atoms with E-state index in [-0.39, 0.29) is 30.3 Å². The van der Waals surface area contributed by atoms with Crippen molar-refractivity contribution in [1.82, 2.24) is 15.5 Å². The number of carbonyl (C=O) groups excluding carboxylic acids is 2. The second-order valence-electron chi connectivity index (χ2n) is 6.93. The van der Waals surface area contributed by atoms with E-state index in [0.29, 0.717) is 18.3 Å². The van der Waals surface area contributed by atoms with Crippen LogP contribution in [0.3, 0.4) is 0 Å². The Hall–Kier alpha value is -3.27. The van der Waals surface area contributed by atoms with Crippen LogP contribution in [0.15, 0.2) is 36.4 Å². The Bertz CT molecular complexity index is 869. The number of anilines is 1. The topological polar surface area (TPSA) is 99.0 Å². The summed E-state index contributed by atoms with van der Waals surface area (Å²) in [5, 5.41) is 19.3. The first kappa shape index (κ1) is 18.5. The normalized spacial score (nSPS) is 16.4. The number of hydrogen-bond acceptors (Lipinski definition) is 6. The van der Waals surface area contributed by atoms with Crippen LogP contribution >= 0.6 is 0 Å². The first-order valence-corrected chi connectivity index (χ1v) is 8.86. The molecule has 2 heterocycles. The molecule has 1 fully saturated rings. The van der Waals surface area contributed by atoms with Gasteiger partial charge in [0.05, 0.1) is 13.0 Å². The van der Waals surface area contributed by atoms with E-state index in [1.54, 1.807) is 17.0 Å². The van der Waals surface area contributed by atoms with Gasteiger partial charge in [0.1, 0.15) is 12.1 Å². The van der Waals surface area contributed by atoms with Crippen LogP contribution in [-0.2, 0) is 16.0 Å². The number of ketones is 1. The van der Waals surface area contributed by atoms with E-state index in [4.69, 9.17) is 5.26 Å². The number of Topliss-reactive ketones (excluding diaryl/α,β-unsaturated/α-hetero) is 1. The molecular formula is C20H21N5O2. The van der Waals surface area contributed by atoms with Crippen LogP contribution in [0.25, 0.3) is 0 Å². The quantitative estimate of drug-likeness (QED) is 0.866. The highest BCUT2D eigenvalue weighted by Gasteiger charge is 2.32. The zero-order valence-corrected chi connectivity index (χ0v) is 15.3. The molecule has 0 aliphatic carbocycles. The molecule has 1 aromatic heterocycles. The molecule has 7 heteroatoms. The van der Waals surface area contributed by atoms with Gasteiger partial charge in [0.25, 0.3) is 0 Å². The first-order valence-electron chi connectivity index (χ1n) is 8.86. The smallest absolute Gasteiger partial charge is 0.225 e. The van der Waals surface area contributed by atoms with Crippen molar-refractivity contribution in [2.45, 2.75) is 32.2 Å². The van der Waals surface area contributed by atoms with Gasteiger partial charge in [0, 0.05) is 6.54 Å². The molecule has 0 bridgehead atoms. The minimum atomic E-state index is -0.565. The van der Waals surface area contributed by atoms with Gasteiger partial charge in [0.15, 0.2) is 17.3 Å². The van der Waals surface area contributed by atoms with E-state index in [1.807, 2.05) is 30.3 Å². The van der Waals surface area contributed by atoms with E-state index in [1.165, 1.54) is 5.56 Å². The van der Waals surface area contributed by atoms with Crippen LogP contribution in [0.5, 0.6) is 0 Å². The SMILES string of the molecule is CC(C)c1ccc(CC(=O)N[C@@H]2CN(c3ccc(C#N)nn3)CC2=O)cc1. The molecule has 1 saturated heterocycles. The van der Waals surface area contributed by atoms with Gasteiger partial charge in [-0.05, 0) is 29.2 Å². The number of carbonyl (C=O) groups is 2. The third kappa shape index (κ3) is 4.47. The van der Waals surface area contributed by atoms with Crippen LogP contribution in [0.2, 0.25) is 0 Å². The maximum absolute atomic E-state index is 12.3. The summed E-state index contributed by atoms with van der Waals surface area (Å²) in [6.07, 6.45) is 0.235. The fraction of sp³-hybridized carbons (Fsp3) is 0.350. The maximum atomic E-state index is 12.3. The highest BCUT2D eigenvalue weighted by molar-refractivity contribution is 5.95. The third-order valence-corrected chi connectivity index (χ3v) is 4.57. The summed E-state index contributed by atoms with van der Waals surface area (Å²) in [6.45, 7) is 4.75. The summed E-state index contributed by atoms with van der Waals surface area (Å²) in [7, 11) is 0. The number of benzene rings is 1. The Morgan fingerprint density at radius 2 is 2.00 bits per heavy atom. The molecule has 0 spiro atoms. The molecular weight excluding hydrogens is 342 g/mol. The summed E-state index contributed by atoms with van der Waals surface area (Å²) >= 11 is 0. The molecule has 1 aliphatic heterocycles. The van der Waals surface area contributed by atoms with Crippen molar-refractivity contribution >= 4 is 17.5 Å². The number of nitrogens with one attached hydrogen (secondary N) is 1. The van der Waals surface area contributed by atoms with Gasteiger partial charge in [-0.25, -0.2) is 0 Å². The van der Waals surface area contributed by atoms with Crippen molar-refractivity contribution in [2.24, 2.45) is 0 Å². The van der Waals surface area contributed by atoms with Crippen molar-refractivity contribution in [3.05, 3.63) is 53.2 Å². The maximum Gasteiger partial charge on any atom is 0.225 e. The largest absolute Gasteiger partial charge is 0.345 e. The number of rotatable bonds is 5. The summed E-state index contributed by atoms with van der Waals surface area (Å²) in [6, 6.07) is 12.5. The molecule has 1 N–H and O–H groups in total. The molecule has 27 heavy (non-hydrogen) atoms. The minimum absolute atomic E-state index is 0.0651. The molecule has 1 aromatic carbocycles. The molecule has 0 unspecified atom stereocenters. The van der Waals surface area contributed by atoms with Gasteiger partial charge < -0.3 is 10.2 Å². The van der Waals surface area contributed by atoms with Gasteiger partial charge in [-0.1, -0.05) is 38.1 Å². The fourth-order valence-corrected chi connectivity index (χ4v) is 2.99. The molecule has 7 nitrogen and oxygen atoms in total. The Morgan fingerprint density at radius 1 is 1.26 bits per heavy atom. The van der Waals surface area contributed by atoms with Crippen LogP contribution in [-0.4, -0.2) is 41.0 Å². The van der Waals surface area contributed by atoms with Gasteiger partial charge in [-0.2, -0.15) is 5.26 Å². The van der Waals surface area contributed by atoms with Crippen molar-refractivity contribution < 1.29 is 9.59 Å². The van der Waals surface area contributed by atoms with Crippen LogP contribution < -0.4 is 10.2 Å². The monoisotopic (exact) mass is 363 g/mol. The molecule has 3 rings (SSSR count). The van der Waals surface area contributed by atoms with Crippen LogP contribution in [0, 0.1) is 11.3 Å². The van der Waals surface area contributed by atoms with Gasteiger partial charge in [0.2, 0.25) is 5.91 Å². The minimum Gasteiger partial charge on any atom is -0.345 e. The van der Waals surface area contributed by atoms with Crippen molar-refractivity contribution in [1.29, 1.82) is 5.26 Å². The number of amides is 1. The summed E-state index contributed by atoms with van der Waals surface area (Å²) in [4.78, 5) is 26.3. The second-order valence-corrected chi connectivity index (χ2v) is 6.93. The Kier molecular flexibility index (Phi) is 5.46. The molecule has 2 aromatic rings. The lowest BCUT2D eigenvalue weighted by molar-refractivity contribution is -0.125. The third-order valence-electron chi connectivity index (χ3n) is 4.57. The molecule has 1 aliphatic rings. The summed E-state index contributed by atoms with van der Waals surface area (Å²) < 4.78 is 0. The van der Waals surface area contributed by atoms with E-state index >= 15 is 0 Å². The Labute approximate surface area is 158 Å². The van der Waals surface area contributed by atoms with Gasteiger partial charge in [-0.3, -0.25) is 9.59 Å². The van der Waals surface area contributed by atoms with Gasteiger partial charge >= 0.3 is 0 Å². The van der Waals surface area contributed by atoms with Crippen molar-refractivity contribution in [3.63, 3.8) is 0 Å². The van der Waals surface area contributed by atoms with E-state index in [2.05, 4.69) is 29.4 Å². The zero-order chi connectivity index (χ0) is 19.4. The molecule has 138 valence electrons. The lowest BCUT2D eigenvalue weighted by Crippen LogP contribution is -2.41. The Morgan fingerprint density at radius 3 is 2.59 bits per heavy atom. The highest BCUT2D eigenvalue weighted by atomic mass is 16.2. The molecule has 1 atom stereocenters. The van der Waals surface area contributed by atoms with E-state index < -0.39 is 6.04 Å². The fourth-order valence-electron chi connectivity index (χ4n) is 2.99.